The number of hydrogen-bond acceptors (Lipinski definition) is 2. The molecule has 1 aliphatic heterocycles. The van der Waals surface area contributed by atoms with Crippen LogP contribution in [-0.2, 0) is 6.42 Å². The van der Waals surface area contributed by atoms with Gasteiger partial charge in [-0.25, -0.2) is 9.07 Å². The van der Waals surface area contributed by atoms with Crippen LogP contribution in [-0.4, -0.2) is 16.3 Å². The third-order valence-corrected chi connectivity index (χ3v) is 5.11. The molecule has 0 amide bonds. The fourth-order valence-electron chi connectivity index (χ4n) is 3.17. The van der Waals surface area contributed by atoms with Gasteiger partial charge in [0.05, 0.1) is 21.4 Å². The van der Waals surface area contributed by atoms with E-state index in [0.717, 1.165) is 54.1 Å². The minimum absolute atomic E-state index is 0.267. The lowest BCUT2D eigenvalue weighted by Crippen LogP contribution is -2.07. The van der Waals surface area contributed by atoms with E-state index in [0.29, 0.717) is 10.0 Å². The molecule has 0 unspecified atom stereocenters. The van der Waals surface area contributed by atoms with Crippen LogP contribution in [0.1, 0.15) is 18.4 Å². The lowest BCUT2D eigenvalue weighted by Gasteiger charge is -2.10. The molecule has 6 heteroatoms. The van der Waals surface area contributed by atoms with E-state index >= 15 is 0 Å². The van der Waals surface area contributed by atoms with Gasteiger partial charge in [0.25, 0.3) is 0 Å². The Labute approximate surface area is 155 Å². The van der Waals surface area contributed by atoms with Gasteiger partial charge in [-0.15, -0.1) is 0 Å². The van der Waals surface area contributed by atoms with E-state index < -0.39 is 0 Å². The van der Waals surface area contributed by atoms with Crippen molar-refractivity contribution in [3.8, 4) is 16.9 Å². The summed E-state index contributed by atoms with van der Waals surface area (Å²) in [7, 11) is 0. The number of nitrogens with one attached hydrogen (secondary N) is 1. The van der Waals surface area contributed by atoms with Gasteiger partial charge in [0, 0.05) is 17.7 Å². The predicted octanol–water partition coefficient (Wildman–Crippen LogP) is 5.73. The van der Waals surface area contributed by atoms with Crippen molar-refractivity contribution in [3.05, 3.63) is 63.9 Å². The Balaban J connectivity index is 1.91. The molecule has 3 aromatic rings. The summed E-state index contributed by atoms with van der Waals surface area (Å²) in [5.74, 6) is 0.673. The molecule has 2 heterocycles. The number of rotatable bonds is 2. The maximum absolute atomic E-state index is 13.7. The van der Waals surface area contributed by atoms with E-state index in [1.54, 1.807) is 18.2 Å². The molecule has 0 saturated carbocycles. The van der Waals surface area contributed by atoms with E-state index in [2.05, 4.69) is 5.32 Å². The number of anilines is 1. The van der Waals surface area contributed by atoms with Gasteiger partial charge >= 0.3 is 0 Å². The van der Waals surface area contributed by atoms with Crippen molar-refractivity contribution < 1.29 is 4.39 Å². The molecule has 2 aromatic carbocycles. The second kappa shape index (κ2) is 6.70. The van der Waals surface area contributed by atoms with E-state index in [1.165, 1.54) is 12.1 Å². The highest BCUT2D eigenvalue weighted by Gasteiger charge is 2.22. The summed E-state index contributed by atoms with van der Waals surface area (Å²) in [5.41, 5.74) is 3.51. The maximum Gasteiger partial charge on any atom is 0.133 e. The standard InChI is InChI=1S/C19H16Cl2FN3/c20-16-8-7-14(11-17(16)21)25-19-15(6-1-2-9-23-19)18(24-25)12-4-3-5-13(22)10-12/h3-5,7-8,10-11,23H,1-2,6,9H2. The Kier molecular flexibility index (Phi) is 4.40. The summed E-state index contributed by atoms with van der Waals surface area (Å²) in [6, 6.07) is 12.0. The van der Waals surface area contributed by atoms with Gasteiger partial charge in [-0.3, -0.25) is 0 Å². The summed E-state index contributed by atoms with van der Waals surface area (Å²) in [5, 5.41) is 9.21. The molecule has 1 aliphatic rings. The number of nitrogens with zero attached hydrogens (tertiary/aromatic N) is 2. The SMILES string of the molecule is Fc1cccc(-c2nn(-c3ccc(Cl)c(Cl)c3)c3c2CCCCN3)c1. The molecule has 0 atom stereocenters. The number of hydrogen-bond donors (Lipinski definition) is 1. The fraction of sp³-hybridized carbons (Fsp3) is 0.211. The van der Waals surface area contributed by atoms with Crippen LogP contribution in [0.25, 0.3) is 16.9 Å². The van der Waals surface area contributed by atoms with Crippen molar-refractivity contribution in [1.29, 1.82) is 0 Å². The predicted molar refractivity (Wildman–Crippen MR) is 100 cm³/mol. The van der Waals surface area contributed by atoms with Crippen LogP contribution in [0.15, 0.2) is 42.5 Å². The van der Waals surface area contributed by atoms with E-state index in [4.69, 9.17) is 28.3 Å². The van der Waals surface area contributed by atoms with Crippen molar-refractivity contribution in [2.45, 2.75) is 19.3 Å². The van der Waals surface area contributed by atoms with Crippen LogP contribution in [0.2, 0.25) is 10.0 Å². The van der Waals surface area contributed by atoms with E-state index in [-0.39, 0.29) is 5.82 Å². The summed E-state index contributed by atoms with van der Waals surface area (Å²) < 4.78 is 15.5. The third-order valence-electron chi connectivity index (χ3n) is 4.38. The first-order valence-corrected chi connectivity index (χ1v) is 8.96. The van der Waals surface area contributed by atoms with Gasteiger partial charge in [-0.1, -0.05) is 35.3 Å². The molecule has 0 spiro atoms. The number of halogens is 3. The molecular formula is C19H16Cl2FN3. The molecule has 4 rings (SSSR count). The van der Waals surface area contributed by atoms with Gasteiger partial charge in [0.15, 0.2) is 0 Å². The first-order chi connectivity index (χ1) is 12.1. The molecule has 0 aliphatic carbocycles. The lowest BCUT2D eigenvalue weighted by molar-refractivity contribution is 0.628. The van der Waals surface area contributed by atoms with E-state index in [9.17, 15) is 4.39 Å². The molecule has 0 fully saturated rings. The van der Waals surface area contributed by atoms with Gasteiger partial charge in [0.2, 0.25) is 0 Å². The average Bonchev–Trinajstić information content (AvgIpc) is 2.79. The van der Waals surface area contributed by atoms with Crippen molar-refractivity contribution >= 4 is 29.0 Å². The Morgan fingerprint density at radius 1 is 1.04 bits per heavy atom. The Bertz CT molecular complexity index is 936. The molecule has 0 bridgehead atoms. The molecule has 128 valence electrons. The third kappa shape index (κ3) is 3.12. The van der Waals surface area contributed by atoms with Crippen molar-refractivity contribution in [3.63, 3.8) is 0 Å². The zero-order valence-corrected chi connectivity index (χ0v) is 14.9. The molecule has 25 heavy (non-hydrogen) atoms. The molecule has 1 N–H and O–H groups in total. The monoisotopic (exact) mass is 375 g/mol. The van der Waals surface area contributed by atoms with Gasteiger partial charge < -0.3 is 5.32 Å². The minimum Gasteiger partial charge on any atom is -0.370 e. The zero-order chi connectivity index (χ0) is 17.4. The Hall–Kier alpha value is -2.04. The molecule has 1 aromatic heterocycles. The first kappa shape index (κ1) is 16.4. The summed E-state index contributed by atoms with van der Waals surface area (Å²) >= 11 is 12.2. The highest BCUT2D eigenvalue weighted by atomic mass is 35.5. The fourth-order valence-corrected chi connectivity index (χ4v) is 3.47. The number of aromatic nitrogens is 2. The maximum atomic E-state index is 13.7. The Morgan fingerprint density at radius 2 is 1.92 bits per heavy atom. The van der Waals surface area contributed by atoms with Crippen LogP contribution in [0.3, 0.4) is 0 Å². The van der Waals surface area contributed by atoms with Crippen molar-refractivity contribution in [1.82, 2.24) is 9.78 Å². The zero-order valence-electron chi connectivity index (χ0n) is 13.4. The highest BCUT2D eigenvalue weighted by Crippen LogP contribution is 2.35. The molecule has 3 nitrogen and oxygen atoms in total. The highest BCUT2D eigenvalue weighted by molar-refractivity contribution is 6.42. The quantitative estimate of drug-likeness (QED) is 0.619. The van der Waals surface area contributed by atoms with Crippen LogP contribution in [0.5, 0.6) is 0 Å². The largest absolute Gasteiger partial charge is 0.370 e. The summed E-state index contributed by atoms with van der Waals surface area (Å²) in [6.45, 7) is 0.878. The normalized spacial score (nSPS) is 13.9. The molecule has 0 radical (unpaired) electrons. The average molecular weight is 376 g/mol. The summed E-state index contributed by atoms with van der Waals surface area (Å²) in [6.07, 6.45) is 3.05. The van der Waals surface area contributed by atoms with Gasteiger partial charge in [-0.2, -0.15) is 5.10 Å². The number of fused-ring (bicyclic) bond motifs is 1. The van der Waals surface area contributed by atoms with Crippen LogP contribution in [0.4, 0.5) is 10.2 Å². The van der Waals surface area contributed by atoms with Gasteiger partial charge in [-0.05, 0) is 49.6 Å². The second-order valence-electron chi connectivity index (χ2n) is 6.08. The van der Waals surface area contributed by atoms with Crippen LogP contribution < -0.4 is 5.32 Å². The second-order valence-corrected chi connectivity index (χ2v) is 6.89. The van der Waals surface area contributed by atoms with Gasteiger partial charge in [0.1, 0.15) is 11.6 Å². The topological polar surface area (TPSA) is 29.9 Å². The van der Waals surface area contributed by atoms with Crippen molar-refractivity contribution in [2.75, 3.05) is 11.9 Å². The van der Waals surface area contributed by atoms with E-state index in [1.807, 2.05) is 16.8 Å². The first-order valence-electron chi connectivity index (χ1n) is 8.20. The molecule has 0 saturated heterocycles. The van der Waals surface area contributed by atoms with Crippen molar-refractivity contribution in [2.24, 2.45) is 0 Å². The Morgan fingerprint density at radius 3 is 2.72 bits per heavy atom. The number of benzene rings is 2. The van der Waals surface area contributed by atoms with Crippen LogP contribution in [0, 0.1) is 5.82 Å². The summed E-state index contributed by atoms with van der Waals surface area (Å²) in [4.78, 5) is 0. The molecular weight excluding hydrogens is 360 g/mol. The smallest absolute Gasteiger partial charge is 0.133 e. The van der Waals surface area contributed by atoms with Crippen LogP contribution >= 0.6 is 23.2 Å². The lowest BCUT2D eigenvalue weighted by atomic mass is 10.0. The minimum atomic E-state index is -0.267.